The van der Waals surface area contributed by atoms with E-state index in [1.165, 1.54) is 60.3 Å². The number of carbonyl (C=O) groups is 2. The van der Waals surface area contributed by atoms with Gasteiger partial charge in [-0.2, -0.15) is 5.26 Å². The van der Waals surface area contributed by atoms with Crippen LogP contribution in [0.15, 0.2) is 71.7 Å². The smallest absolute Gasteiger partial charge is 0.336 e. The molecule has 0 bridgehead atoms. The highest BCUT2D eigenvalue weighted by atomic mass is 19.1. The molecule has 0 fully saturated rings. The Labute approximate surface area is 188 Å². The lowest BCUT2D eigenvalue weighted by Gasteiger charge is -2.11. The van der Waals surface area contributed by atoms with Crippen molar-refractivity contribution in [3.8, 4) is 11.8 Å². The van der Waals surface area contributed by atoms with Crippen LogP contribution in [0.4, 0.5) is 4.39 Å². The van der Waals surface area contributed by atoms with Gasteiger partial charge in [0.05, 0.1) is 12.2 Å². The summed E-state index contributed by atoms with van der Waals surface area (Å²) in [6.45, 7) is 0.376. The van der Waals surface area contributed by atoms with Crippen molar-refractivity contribution in [2.24, 2.45) is 0 Å². The van der Waals surface area contributed by atoms with Crippen LogP contribution in [0.5, 0.6) is 5.75 Å². The van der Waals surface area contributed by atoms with E-state index in [-0.39, 0.29) is 35.6 Å². The normalized spacial score (nSPS) is 10.7. The number of para-hydroxylation sites is 1. The van der Waals surface area contributed by atoms with E-state index < -0.39 is 23.1 Å². The van der Waals surface area contributed by atoms with E-state index in [4.69, 9.17) is 9.47 Å². The Bertz CT molecular complexity index is 1320. The number of benzene rings is 2. The quantitative estimate of drug-likeness (QED) is 0.228. The fourth-order valence-electron chi connectivity index (χ4n) is 3.01. The average Bonchev–Trinajstić information content (AvgIpc) is 2.82. The van der Waals surface area contributed by atoms with Crippen LogP contribution in [0.25, 0.3) is 6.08 Å². The highest BCUT2D eigenvalue weighted by Gasteiger charge is 2.19. The summed E-state index contributed by atoms with van der Waals surface area (Å²) >= 11 is 0. The molecule has 33 heavy (non-hydrogen) atoms. The van der Waals surface area contributed by atoms with Crippen molar-refractivity contribution in [1.29, 1.82) is 5.26 Å². The molecule has 166 valence electrons. The molecule has 7 nitrogen and oxygen atoms in total. The van der Waals surface area contributed by atoms with Gasteiger partial charge in [-0.15, -0.1) is 0 Å². The van der Waals surface area contributed by atoms with Crippen LogP contribution < -0.4 is 10.3 Å². The van der Waals surface area contributed by atoms with Crippen LogP contribution in [0.2, 0.25) is 0 Å². The van der Waals surface area contributed by atoms with Gasteiger partial charge in [0, 0.05) is 31.5 Å². The number of nitrogens with zero attached hydrogens (tertiary/aromatic N) is 2. The van der Waals surface area contributed by atoms with Crippen LogP contribution in [0.1, 0.15) is 27.0 Å². The molecule has 0 atom stereocenters. The zero-order valence-corrected chi connectivity index (χ0v) is 17.7. The van der Waals surface area contributed by atoms with Gasteiger partial charge in [-0.3, -0.25) is 9.59 Å². The minimum atomic E-state index is -0.762. The molecule has 0 spiro atoms. The Hall–Kier alpha value is -4.35. The maximum Gasteiger partial charge on any atom is 0.336 e. The molecule has 0 aliphatic rings. The van der Waals surface area contributed by atoms with Gasteiger partial charge in [-0.1, -0.05) is 24.3 Å². The third-order valence-electron chi connectivity index (χ3n) is 4.61. The maximum atomic E-state index is 13.3. The predicted octanol–water partition coefficient (Wildman–Crippen LogP) is 3.36. The van der Waals surface area contributed by atoms with Crippen LogP contribution in [0, 0.1) is 17.1 Å². The summed E-state index contributed by atoms with van der Waals surface area (Å²) in [6, 6.07) is 14.8. The number of rotatable bonds is 8. The number of hydrogen-bond donors (Lipinski definition) is 0. The summed E-state index contributed by atoms with van der Waals surface area (Å²) in [6.07, 6.45) is 3.85. The molecule has 0 saturated heterocycles. The number of pyridine rings is 1. The summed E-state index contributed by atoms with van der Waals surface area (Å²) in [5, 5.41) is 9.28. The lowest BCUT2D eigenvalue weighted by Crippen LogP contribution is -2.25. The molecular formula is C25H19FN2O5. The lowest BCUT2D eigenvalue weighted by molar-refractivity contribution is -0.128. The summed E-state index contributed by atoms with van der Waals surface area (Å²) in [5.41, 5.74) is -0.0942. The van der Waals surface area contributed by atoms with Crippen LogP contribution in [0.3, 0.4) is 0 Å². The van der Waals surface area contributed by atoms with E-state index in [1.807, 2.05) is 0 Å². The maximum absolute atomic E-state index is 13.3. The molecule has 0 amide bonds. The van der Waals surface area contributed by atoms with Crippen LogP contribution in [-0.2, 0) is 16.1 Å². The van der Waals surface area contributed by atoms with Crippen molar-refractivity contribution < 1.29 is 23.5 Å². The molecule has 3 aromatic rings. The van der Waals surface area contributed by atoms with Crippen molar-refractivity contribution in [1.82, 2.24) is 4.57 Å². The van der Waals surface area contributed by atoms with Crippen LogP contribution >= 0.6 is 0 Å². The first-order valence-corrected chi connectivity index (χ1v) is 9.85. The fourth-order valence-corrected chi connectivity index (χ4v) is 3.01. The van der Waals surface area contributed by atoms with Gasteiger partial charge < -0.3 is 14.0 Å². The van der Waals surface area contributed by atoms with Gasteiger partial charge >= 0.3 is 5.97 Å². The molecular weight excluding hydrogens is 427 g/mol. The van der Waals surface area contributed by atoms with E-state index >= 15 is 0 Å². The van der Waals surface area contributed by atoms with E-state index in [0.29, 0.717) is 5.56 Å². The summed E-state index contributed by atoms with van der Waals surface area (Å²) in [5.74, 6) is -1.73. The molecule has 0 unspecified atom stereocenters. The Kier molecular flexibility index (Phi) is 7.63. The number of aromatic nitrogens is 1. The first kappa shape index (κ1) is 23.3. The standard InChI is InChI=1S/C25H19FN2O5/c1-32-12-11-28-16-19(14-18(15-27)25(28)31)24(30)21-7-2-3-8-22(21)33-23(29)10-9-17-5-4-6-20(26)13-17/h2-10,13-14,16H,11-12H2,1H3. The molecule has 2 aromatic carbocycles. The number of esters is 1. The lowest BCUT2D eigenvalue weighted by atomic mass is 10.0. The number of nitriles is 1. The van der Waals surface area contributed by atoms with Gasteiger partial charge in [0.2, 0.25) is 0 Å². The molecule has 1 aromatic heterocycles. The van der Waals surface area contributed by atoms with Gasteiger partial charge in [-0.25, -0.2) is 9.18 Å². The van der Waals surface area contributed by atoms with Crippen molar-refractivity contribution in [3.05, 3.63) is 105 Å². The second-order valence-electron chi connectivity index (χ2n) is 6.88. The number of carbonyl (C=O) groups excluding carboxylic acids is 2. The molecule has 0 aliphatic carbocycles. The van der Waals surface area contributed by atoms with E-state index in [2.05, 4.69) is 0 Å². The number of ketones is 1. The van der Waals surface area contributed by atoms with Crippen molar-refractivity contribution >= 4 is 17.8 Å². The molecule has 0 radical (unpaired) electrons. The first-order valence-electron chi connectivity index (χ1n) is 9.85. The summed E-state index contributed by atoms with van der Waals surface area (Å²) in [7, 11) is 1.47. The SMILES string of the molecule is COCCn1cc(C(=O)c2ccccc2OC(=O)C=Cc2cccc(F)c2)cc(C#N)c1=O. The highest BCUT2D eigenvalue weighted by molar-refractivity contribution is 6.11. The van der Waals surface area contributed by atoms with Gasteiger partial charge in [-0.05, 0) is 42.0 Å². The Morgan fingerprint density at radius 2 is 1.94 bits per heavy atom. The van der Waals surface area contributed by atoms with Crippen LogP contribution in [-0.4, -0.2) is 30.0 Å². The van der Waals surface area contributed by atoms with Crippen molar-refractivity contribution in [2.45, 2.75) is 6.54 Å². The fraction of sp³-hybridized carbons (Fsp3) is 0.120. The molecule has 0 saturated carbocycles. The minimum absolute atomic E-state index is 0.00421. The van der Waals surface area contributed by atoms with Gasteiger partial charge in [0.25, 0.3) is 5.56 Å². The Morgan fingerprint density at radius 1 is 1.15 bits per heavy atom. The topological polar surface area (TPSA) is 98.4 Å². The van der Waals surface area contributed by atoms with Crippen molar-refractivity contribution in [2.75, 3.05) is 13.7 Å². The highest BCUT2D eigenvalue weighted by Crippen LogP contribution is 2.22. The van der Waals surface area contributed by atoms with Crippen molar-refractivity contribution in [3.63, 3.8) is 0 Å². The molecule has 1 heterocycles. The third-order valence-corrected chi connectivity index (χ3v) is 4.61. The molecule has 8 heteroatoms. The molecule has 0 aliphatic heterocycles. The van der Waals surface area contributed by atoms with Gasteiger partial charge in [0.15, 0.2) is 5.78 Å². The second-order valence-corrected chi connectivity index (χ2v) is 6.88. The monoisotopic (exact) mass is 446 g/mol. The zero-order chi connectivity index (χ0) is 23.8. The van der Waals surface area contributed by atoms with Gasteiger partial charge in [0.1, 0.15) is 23.2 Å². The van der Waals surface area contributed by atoms with E-state index in [1.54, 1.807) is 24.3 Å². The zero-order valence-electron chi connectivity index (χ0n) is 17.7. The second kappa shape index (κ2) is 10.8. The molecule has 3 rings (SSSR count). The minimum Gasteiger partial charge on any atom is -0.423 e. The number of ether oxygens (including phenoxy) is 2. The Morgan fingerprint density at radius 3 is 2.67 bits per heavy atom. The first-order chi connectivity index (χ1) is 15.9. The number of halogens is 1. The number of methoxy groups -OCH3 is 1. The Balaban J connectivity index is 1.88. The van der Waals surface area contributed by atoms with E-state index in [9.17, 15) is 24.0 Å². The third kappa shape index (κ3) is 5.87. The predicted molar refractivity (Wildman–Crippen MR) is 118 cm³/mol. The summed E-state index contributed by atoms with van der Waals surface area (Å²) in [4.78, 5) is 37.8. The largest absolute Gasteiger partial charge is 0.423 e. The molecule has 0 N–H and O–H groups in total. The van der Waals surface area contributed by atoms with E-state index in [0.717, 1.165) is 6.08 Å². The summed E-state index contributed by atoms with van der Waals surface area (Å²) < 4.78 is 24.8. The average molecular weight is 446 g/mol. The number of hydrogen-bond acceptors (Lipinski definition) is 6.